The smallest absolute Gasteiger partial charge is 0.258 e. The summed E-state index contributed by atoms with van der Waals surface area (Å²) in [6, 6.07) is 14.8. The second-order valence-electron chi connectivity index (χ2n) is 4.05. The van der Waals surface area contributed by atoms with Crippen molar-refractivity contribution in [3.8, 4) is 5.75 Å². The monoisotopic (exact) mass is 319 g/mol. The van der Waals surface area contributed by atoms with Crippen LogP contribution in [0.2, 0.25) is 0 Å². The van der Waals surface area contributed by atoms with Gasteiger partial charge in [-0.3, -0.25) is 4.79 Å². The highest BCUT2D eigenvalue weighted by molar-refractivity contribution is 9.10. The van der Waals surface area contributed by atoms with Crippen LogP contribution in [-0.4, -0.2) is 20.1 Å². The van der Waals surface area contributed by atoms with E-state index in [1.165, 1.54) is 0 Å². The van der Waals surface area contributed by atoms with E-state index >= 15 is 0 Å². The second-order valence-corrected chi connectivity index (χ2v) is 4.90. The van der Waals surface area contributed by atoms with Crippen LogP contribution in [0.4, 0.5) is 5.69 Å². The molecule has 3 nitrogen and oxygen atoms in total. The number of amides is 1. The predicted molar refractivity (Wildman–Crippen MR) is 79.9 cm³/mol. The molecule has 0 unspecified atom stereocenters. The number of methoxy groups -OCH3 is 1. The van der Waals surface area contributed by atoms with E-state index in [1.54, 1.807) is 37.3 Å². The number of carbonyl (C=O) groups is 1. The summed E-state index contributed by atoms with van der Waals surface area (Å²) in [6.07, 6.45) is 0. The maximum absolute atomic E-state index is 12.4. The van der Waals surface area contributed by atoms with E-state index in [1.807, 2.05) is 30.3 Å². The number of benzene rings is 2. The third kappa shape index (κ3) is 2.96. The van der Waals surface area contributed by atoms with Gasteiger partial charge in [0, 0.05) is 18.3 Å². The first-order valence-corrected chi connectivity index (χ1v) is 6.59. The zero-order valence-corrected chi connectivity index (χ0v) is 12.3. The van der Waals surface area contributed by atoms with E-state index in [4.69, 9.17) is 4.74 Å². The van der Waals surface area contributed by atoms with Crippen molar-refractivity contribution in [2.45, 2.75) is 0 Å². The molecule has 0 N–H and O–H groups in total. The summed E-state index contributed by atoms with van der Waals surface area (Å²) in [5.41, 5.74) is 1.47. The summed E-state index contributed by atoms with van der Waals surface area (Å²) in [7, 11) is 3.35. The van der Waals surface area contributed by atoms with Gasteiger partial charge in [-0.15, -0.1) is 0 Å². The number of hydrogen-bond donors (Lipinski definition) is 0. The van der Waals surface area contributed by atoms with Crippen LogP contribution in [0.3, 0.4) is 0 Å². The average Bonchev–Trinajstić information content (AvgIpc) is 2.46. The molecule has 0 fully saturated rings. The number of ether oxygens (including phenoxy) is 1. The summed E-state index contributed by atoms with van der Waals surface area (Å²) in [4.78, 5) is 14.0. The quantitative estimate of drug-likeness (QED) is 0.862. The Kier molecular flexibility index (Phi) is 4.22. The molecule has 4 heteroatoms. The Morgan fingerprint density at radius 3 is 2.42 bits per heavy atom. The lowest BCUT2D eigenvalue weighted by Crippen LogP contribution is -2.26. The number of carbonyl (C=O) groups excluding carboxylic acids is 1. The first kappa shape index (κ1) is 13.6. The highest BCUT2D eigenvalue weighted by Crippen LogP contribution is 2.26. The van der Waals surface area contributed by atoms with Crippen molar-refractivity contribution in [1.29, 1.82) is 0 Å². The number of hydrogen-bond acceptors (Lipinski definition) is 2. The van der Waals surface area contributed by atoms with Crippen molar-refractivity contribution in [2.75, 3.05) is 19.1 Å². The summed E-state index contributed by atoms with van der Waals surface area (Å²) >= 11 is 3.39. The molecule has 0 aromatic heterocycles. The predicted octanol–water partition coefficient (Wildman–Crippen LogP) is 3.73. The molecule has 0 spiro atoms. The van der Waals surface area contributed by atoms with Gasteiger partial charge < -0.3 is 9.64 Å². The molecule has 0 radical (unpaired) electrons. The van der Waals surface area contributed by atoms with Gasteiger partial charge in [0.1, 0.15) is 5.75 Å². The molecule has 0 aliphatic carbocycles. The fourth-order valence-electron chi connectivity index (χ4n) is 1.76. The number of nitrogens with zero attached hydrogens (tertiary/aromatic N) is 1. The summed E-state index contributed by atoms with van der Waals surface area (Å²) in [5, 5.41) is 0. The minimum absolute atomic E-state index is 0.0606. The maximum atomic E-state index is 12.4. The second kappa shape index (κ2) is 5.89. The van der Waals surface area contributed by atoms with Gasteiger partial charge in [-0.2, -0.15) is 0 Å². The first-order chi connectivity index (χ1) is 9.13. The molecule has 0 atom stereocenters. The van der Waals surface area contributed by atoms with E-state index in [2.05, 4.69) is 15.9 Å². The van der Waals surface area contributed by atoms with E-state index < -0.39 is 0 Å². The van der Waals surface area contributed by atoms with Crippen molar-refractivity contribution in [1.82, 2.24) is 0 Å². The molecule has 0 aliphatic rings. The Balaban J connectivity index is 2.27. The SMILES string of the molecule is COc1ccc(C(=O)N(C)c2ccccc2)cc1Br. The van der Waals surface area contributed by atoms with Crippen molar-refractivity contribution >= 4 is 27.5 Å². The Bertz CT molecular complexity index is 584. The largest absolute Gasteiger partial charge is 0.496 e. The Morgan fingerprint density at radius 1 is 1.16 bits per heavy atom. The van der Waals surface area contributed by atoms with Crippen LogP contribution in [0.25, 0.3) is 0 Å². The first-order valence-electron chi connectivity index (χ1n) is 5.80. The third-order valence-electron chi connectivity index (χ3n) is 2.85. The molecular weight excluding hydrogens is 306 g/mol. The number of rotatable bonds is 3. The van der Waals surface area contributed by atoms with Gasteiger partial charge >= 0.3 is 0 Å². The zero-order chi connectivity index (χ0) is 13.8. The highest BCUT2D eigenvalue weighted by atomic mass is 79.9. The Morgan fingerprint density at radius 2 is 1.84 bits per heavy atom. The van der Waals surface area contributed by atoms with Gasteiger partial charge in [0.2, 0.25) is 0 Å². The van der Waals surface area contributed by atoms with Crippen LogP contribution in [-0.2, 0) is 0 Å². The standard InChI is InChI=1S/C15H14BrNO2/c1-17(12-6-4-3-5-7-12)15(18)11-8-9-14(19-2)13(16)10-11/h3-10H,1-2H3. The van der Waals surface area contributed by atoms with Crippen LogP contribution in [0.15, 0.2) is 53.0 Å². The lowest BCUT2D eigenvalue weighted by Gasteiger charge is -2.17. The number of halogens is 1. The molecular formula is C15H14BrNO2. The molecule has 19 heavy (non-hydrogen) atoms. The lowest BCUT2D eigenvalue weighted by atomic mass is 10.2. The van der Waals surface area contributed by atoms with Gasteiger partial charge in [-0.05, 0) is 46.3 Å². The molecule has 0 aliphatic heterocycles. The van der Waals surface area contributed by atoms with Gasteiger partial charge in [0.05, 0.1) is 11.6 Å². The molecule has 2 aromatic rings. The van der Waals surface area contributed by atoms with Crippen LogP contribution >= 0.6 is 15.9 Å². The normalized spacial score (nSPS) is 10.1. The van der Waals surface area contributed by atoms with E-state index in [-0.39, 0.29) is 5.91 Å². The van der Waals surface area contributed by atoms with Crippen LogP contribution in [0.1, 0.15) is 10.4 Å². The Hall–Kier alpha value is -1.81. The minimum atomic E-state index is -0.0606. The molecule has 1 amide bonds. The topological polar surface area (TPSA) is 29.5 Å². The van der Waals surface area contributed by atoms with Crippen molar-refractivity contribution in [2.24, 2.45) is 0 Å². The molecule has 0 saturated heterocycles. The summed E-state index contributed by atoms with van der Waals surface area (Å²) < 4.78 is 5.92. The lowest BCUT2D eigenvalue weighted by molar-refractivity contribution is 0.0993. The van der Waals surface area contributed by atoms with Crippen LogP contribution in [0.5, 0.6) is 5.75 Å². The molecule has 0 bridgehead atoms. The van der Waals surface area contributed by atoms with E-state index in [0.717, 1.165) is 10.2 Å². The number of anilines is 1. The highest BCUT2D eigenvalue weighted by Gasteiger charge is 2.14. The van der Waals surface area contributed by atoms with E-state index in [9.17, 15) is 4.79 Å². The van der Waals surface area contributed by atoms with Gasteiger partial charge in [0.25, 0.3) is 5.91 Å². The fourth-order valence-corrected chi connectivity index (χ4v) is 2.30. The molecule has 98 valence electrons. The molecule has 2 rings (SSSR count). The zero-order valence-electron chi connectivity index (χ0n) is 10.8. The summed E-state index contributed by atoms with van der Waals surface area (Å²) in [6.45, 7) is 0. The van der Waals surface area contributed by atoms with Gasteiger partial charge in [-0.25, -0.2) is 0 Å². The maximum Gasteiger partial charge on any atom is 0.258 e. The van der Waals surface area contributed by atoms with Crippen molar-refractivity contribution < 1.29 is 9.53 Å². The molecule has 2 aromatic carbocycles. The van der Waals surface area contributed by atoms with Crippen molar-refractivity contribution in [3.63, 3.8) is 0 Å². The van der Waals surface area contributed by atoms with Gasteiger partial charge in [-0.1, -0.05) is 18.2 Å². The minimum Gasteiger partial charge on any atom is -0.496 e. The van der Waals surface area contributed by atoms with Crippen LogP contribution < -0.4 is 9.64 Å². The van der Waals surface area contributed by atoms with E-state index in [0.29, 0.717) is 11.3 Å². The Labute approximate surface area is 120 Å². The average molecular weight is 320 g/mol. The molecule has 0 heterocycles. The molecule has 0 saturated carbocycles. The van der Waals surface area contributed by atoms with Crippen LogP contribution in [0, 0.1) is 0 Å². The fraction of sp³-hybridized carbons (Fsp3) is 0.133. The summed E-state index contributed by atoms with van der Waals surface area (Å²) in [5.74, 6) is 0.647. The van der Waals surface area contributed by atoms with Crippen molar-refractivity contribution in [3.05, 3.63) is 58.6 Å². The third-order valence-corrected chi connectivity index (χ3v) is 3.47. The van der Waals surface area contributed by atoms with Gasteiger partial charge in [0.15, 0.2) is 0 Å². The number of para-hydroxylation sites is 1.